The van der Waals surface area contributed by atoms with E-state index < -0.39 is 0 Å². The number of aryl methyl sites for hydroxylation is 1. The molecule has 1 aromatic carbocycles. The van der Waals surface area contributed by atoms with Crippen molar-refractivity contribution in [3.8, 4) is 17.0 Å². The summed E-state index contributed by atoms with van der Waals surface area (Å²) >= 11 is 0. The van der Waals surface area contributed by atoms with E-state index in [9.17, 15) is 5.11 Å². The lowest BCUT2D eigenvalue weighted by Gasteiger charge is -2.02. The van der Waals surface area contributed by atoms with Gasteiger partial charge in [-0.05, 0) is 19.1 Å². The van der Waals surface area contributed by atoms with Gasteiger partial charge in [0, 0.05) is 11.8 Å². The quantitative estimate of drug-likeness (QED) is 0.690. The van der Waals surface area contributed by atoms with E-state index >= 15 is 0 Å². The van der Waals surface area contributed by atoms with Gasteiger partial charge >= 0.3 is 0 Å². The fourth-order valence-electron chi connectivity index (χ4n) is 1.93. The Kier molecular flexibility index (Phi) is 2.11. The minimum absolute atomic E-state index is 0.200. The molecule has 3 aromatic rings. The van der Waals surface area contributed by atoms with Gasteiger partial charge < -0.3 is 5.11 Å². The number of aromatic nitrogens is 2. The number of nitrogens with zero attached hydrogens (tertiary/aromatic N) is 2. The van der Waals surface area contributed by atoms with Crippen molar-refractivity contribution in [1.82, 2.24) is 9.38 Å². The standard InChI is InChI=1S/C14H12N2O/c1-10-4-6-11(7-5-10)12-9-15-14-13(17)3-2-8-16(12)14/h2-9,17H,1H3. The molecule has 84 valence electrons. The number of fused-ring (bicyclic) bond motifs is 1. The smallest absolute Gasteiger partial charge is 0.179 e. The number of pyridine rings is 1. The molecular weight excluding hydrogens is 212 g/mol. The highest BCUT2D eigenvalue weighted by molar-refractivity contribution is 5.66. The molecule has 1 N–H and O–H groups in total. The van der Waals surface area contributed by atoms with Crippen molar-refractivity contribution in [3.05, 3.63) is 54.4 Å². The van der Waals surface area contributed by atoms with E-state index in [1.54, 1.807) is 12.3 Å². The molecule has 0 radical (unpaired) electrons. The summed E-state index contributed by atoms with van der Waals surface area (Å²) in [5.74, 6) is 0.200. The van der Waals surface area contributed by atoms with Crippen molar-refractivity contribution in [2.45, 2.75) is 6.92 Å². The first-order chi connectivity index (χ1) is 8.25. The molecule has 0 saturated carbocycles. The number of hydrogen-bond donors (Lipinski definition) is 1. The number of rotatable bonds is 1. The lowest BCUT2D eigenvalue weighted by atomic mass is 10.1. The molecular formula is C14H12N2O. The normalized spacial score (nSPS) is 10.9. The van der Waals surface area contributed by atoms with Crippen molar-refractivity contribution in [1.29, 1.82) is 0 Å². The number of benzene rings is 1. The molecule has 2 heterocycles. The van der Waals surface area contributed by atoms with Crippen LogP contribution in [0.15, 0.2) is 48.8 Å². The third-order valence-corrected chi connectivity index (χ3v) is 2.86. The predicted octanol–water partition coefficient (Wildman–Crippen LogP) is 3.02. The summed E-state index contributed by atoms with van der Waals surface area (Å²) in [4.78, 5) is 4.23. The van der Waals surface area contributed by atoms with E-state index in [1.807, 2.05) is 16.7 Å². The van der Waals surface area contributed by atoms with Gasteiger partial charge in [0.15, 0.2) is 11.4 Å². The predicted molar refractivity (Wildman–Crippen MR) is 67.0 cm³/mol. The van der Waals surface area contributed by atoms with Crippen LogP contribution in [0, 0.1) is 6.92 Å². The molecule has 0 atom stereocenters. The first-order valence-corrected chi connectivity index (χ1v) is 5.48. The molecule has 0 aliphatic carbocycles. The van der Waals surface area contributed by atoms with Crippen molar-refractivity contribution >= 4 is 5.65 Å². The molecule has 3 nitrogen and oxygen atoms in total. The maximum Gasteiger partial charge on any atom is 0.179 e. The summed E-state index contributed by atoms with van der Waals surface area (Å²) < 4.78 is 1.89. The summed E-state index contributed by atoms with van der Waals surface area (Å²) in [6.45, 7) is 2.06. The first-order valence-electron chi connectivity index (χ1n) is 5.48. The molecule has 0 fully saturated rings. The molecule has 0 aliphatic rings. The second kappa shape index (κ2) is 3.63. The van der Waals surface area contributed by atoms with Crippen molar-refractivity contribution in [2.75, 3.05) is 0 Å². The van der Waals surface area contributed by atoms with E-state index in [0.29, 0.717) is 5.65 Å². The fraction of sp³-hybridized carbons (Fsp3) is 0.0714. The second-order valence-electron chi connectivity index (χ2n) is 4.10. The lowest BCUT2D eigenvalue weighted by Crippen LogP contribution is -1.87. The molecule has 0 saturated heterocycles. The zero-order valence-electron chi connectivity index (χ0n) is 9.46. The number of hydrogen-bond acceptors (Lipinski definition) is 2. The highest BCUT2D eigenvalue weighted by Gasteiger charge is 2.07. The van der Waals surface area contributed by atoms with Crippen LogP contribution in [0.3, 0.4) is 0 Å². The Morgan fingerprint density at radius 2 is 1.88 bits per heavy atom. The molecule has 0 unspecified atom stereocenters. The highest BCUT2D eigenvalue weighted by atomic mass is 16.3. The van der Waals surface area contributed by atoms with Gasteiger partial charge in [-0.1, -0.05) is 29.8 Å². The molecule has 3 rings (SSSR count). The van der Waals surface area contributed by atoms with Gasteiger partial charge in [-0.15, -0.1) is 0 Å². The topological polar surface area (TPSA) is 37.5 Å². The van der Waals surface area contributed by atoms with Crippen LogP contribution in [-0.4, -0.2) is 14.5 Å². The summed E-state index contributed by atoms with van der Waals surface area (Å²) in [5.41, 5.74) is 3.89. The Hall–Kier alpha value is -2.29. The van der Waals surface area contributed by atoms with Crippen LogP contribution in [0.4, 0.5) is 0 Å². The van der Waals surface area contributed by atoms with E-state index in [-0.39, 0.29) is 5.75 Å². The highest BCUT2D eigenvalue weighted by Crippen LogP contribution is 2.24. The average molecular weight is 224 g/mol. The van der Waals surface area contributed by atoms with Crippen LogP contribution < -0.4 is 0 Å². The second-order valence-corrected chi connectivity index (χ2v) is 4.10. The Morgan fingerprint density at radius 3 is 2.65 bits per heavy atom. The molecule has 0 aliphatic heterocycles. The lowest BCUT2D eigenvalue weighted by molar-refractivity contribution is 0.477. The minimum Gasteiger partial charge on any atom is -0.504 e. The first kappa shape index (κ1) is 9.90. The van der Waals surface area contributed by atoms with Gasteiger partial charge in [-0.3, -0.25) is 4.40 Å². The van der Waals surface area contributed by atoms with Crippen LogP contribution in [0.25, 0.3) is 16.9 Å². The van der Waals surface area contributed by atoms with Crippen molar-refractivity contribution in [3.63, 3.8) is 0 Å². The van der Waals surface area contributed by atoms with Gasteiger partial charge in [0.25, 0.3) is 0 Å². The minimum atomic E-state index is 0.200. The average Bonchev–Trinajstić information content (AvgIpc) is 2.75. The molecule has 0 amide bonds. The molecule has 0 bridgehead atoms. The Morgan fingerprint density at radius 1 is 1.12 bits per heavy atom. The van der Waals surface area contributed by atoms with E-state index in [2.05, 4.69) is 36.2 Å². The summed E-state index contributed by atoms with van der Waals surface area (Å²) in [5, 5.41) is 9.69. The Bertz CT molecular complexity index is 668. The zero-order chi connectivity index (χ0) is 11.8. The summed E-state index contributed by atoms with van der Waals surface area (Å²) in [6.07, 6.45) is 3.68. The van der Waals surface area contributed by atoms with Gasteiger partial charge in [-0.25, -0.2) is 4.98 Å². The fourth-order valence-corrected chi connectivity index (χ4v) is 1.93. The van der Waals surface area contributed by atoms with Gasteiger partial charge in [0.2, 0.25) is 0 Å². The van der Waals surface area contributed by atoms with Crippen molar-refractivity contribution in [2.24, 2.45) is 0 Å². The SMILES string of the molecule is Cc1ccc(-c2cnc3c(O)cccn23)cc1. The van der Waals surface area contributed by atoms with Crippen LogP contribution in [0.5, 0.6) is 5.75 Å². The molecule has 17 heavy (non-hydrogen) atoms. The number of aromatic hydroxyl groups is 1. The Balaban J connectivity index is 2.24. The van der Waals surface area contributed by atoms with Gasteiger partial charge in [0.1, 0.15) is 0 Å². The van der Waals surface area contributed by atoms with E-state index in [0.717, 1.165) is 11.3 Å². The zero-order valence-corrected chi connectivity index (χ0v) is 9.46. The molecule has 2 aromatic heterocycles. The van der Waals surface area contributed by atoms with E-state index in [4.69, 9.17) is 0 Å². The van der Waals surface area contributed by atoms with Gasteiger partial charge in [-0.2, -0.15) is 0 Å². The van der Waals surface area contributed by atoms with Crippen LogP contribution in [0.1, 0.15) is 5.56 Å². The van der Waals surface area contributed by atoms with E-state index in [1.165, 1.54) is 5.56 Å². The monoisotopic (exact) mass is 224 g/mol. The number of imidazole rings is 1. The maximum absolute atomic E-state index is 9.69. The Labute approximate surface area is 99.0 Å². The third-order valence-electron chi connectivity index (χ3n) is 2.86. The van der Waals surface area contributed by atoms with Crippen LogP contribution in [-0.2, 0) is 0 Å². The van der Waals surface area contributed by atoms with Gasteiger partial charge in [0.05, 0.1) is 11.9 Å². The molecule has 0 spiro atoms. The summed E-state index contributed by atoms with van der Waals surface area (Å²) in [7, 11) is 0. The van der Waals surface area contributed by atoms with Crippen molar-refractivity contribution < 1.29 is 5.11 Å². The maximum atomic E-state index is 9.69. The molecule has 3 heteroatoms. The summed E-state index contributed by atoms with van der Waals surface area (Å²) in [6, 6.07) is 11.7. The van der Waals surface area contributed by atoms with Crippen LogP contribution in [0.2, 0.25) is 0 Å². The largest absolute Gasteiger partial charge is 0.504 e. The van der Waals surface area contributed by atoms with Crippen LogP contribution >= 0.6 is 0 Å². The third kappa shape index (κ3) is 1.56.